The van der Waals surface area contributed by atoms with Crippen LogP contribution >= 0.6 is 15.9 Å². The lowest BCUT2D eigenvalue weighted by Gasteiger charge is -2.16. The largest absolute Gasteiger partial charge is 0.320 e. The van der Waals surface area contributed by atoms with E-state index >= 15 is 0 Å². The Morgan fingerprint density at radius 3 is 2.65 bits per heavy atom. The molecule has 0 radical (unpaired) electrons. The molecule has 1 atom stereocenters. The highest BCUT2D eigenvalue weighted by molar-refractivity contribution is 9.10. The highest BCUT2D eigenvalue weighted by Crippen LogP contribution is 2.30. The topological polar surface area (TPSA) is 38.9 Å². The van der Waals surface area contributed by atoms with Crippen LogP contribution in [0.4, 0.5) is 4.39 Å². The van der Waals surface area contributed by atoms with Gasteiger partial charge in [0.25, 0.3) is 0 Å². The van der Waals surface area contributed by atoms with Crippen LogP contribution in [0.25, 0.3) is 10.8 Å². The van der Waals surface area contributed by atoms with Crippen LogP contribution in [-0.2, 0) is 0 Å². The SMILES string of the molecule is NC(c1cccc(Br)c1F)c1cccc2cnccc12. The molecule has 2 N–H and O–H groups in total. The van der Waals surface area contributed by atoms with Crippen molar-refractivity contribution in [3.63, 3.8) is 0 Å². The molecular formula is C16H12BrFN2. The Morgan fingerprint density at radius 1 is 1.05 bits per heavy atom. The fourth-order valence-corrected chi connectivity index (χ4v) is 2.73. The number of halogens is 2. The van der Waals surface area contributed by atoms with Gasteiger partial charge in [-0.2, -0.15) is 0 Å². The molecule has 20 heavy (non-hydrogen) atoms. The second kappa shape index (κ2) is 5.31. The van der Waals surface area contributed by atoms with Crippen molar-refractivity contribution in [2.45, 2.75) is 6.04 Å². The van der Waals surface area contributed by atoms with Gasteiger partial charge in [0.2, 0.25) is 0 Å². The molecule has 100 valence electrons. The van der Waals surface area contributed by atoms with Crippen LogP contribution in [0.15, 0.2) is 59.3 Å². The molecule has 1 unspecified atom stereocenters. The molecule has 3 rings (SSSR count). The highest BCUT2D eigenvalue weighted by atomic mass is 79.9. The number of benzene rings is 2. The predicted molar refractivity (Wildman–Crippen MR) is 81.9 cm³/mol. The quantitative estimate of drug-likeness (QED) is 0.765. The first-order valence-electron chi connectivity index (χ1n) is 6.20. The molecule has 1 heterocycles. The van der Waals surface area contributed by atoms with Crippen molar-refractivity contribution in [1.29, 1.82) is 0 Å². The molecule has 0 amide bonds. The number of fused-ring (bicyclic) bond motifs is 1. The van der Waals surface area contributed by atoms with Gasteiger partial charge in [-0.3, -0.25) is 4.98 Å². The van der Waals surface area contributed by atoms with Crippen LogP contribution in [-0.4, -0.2) is 4.98 Å². The summed E-state index contributed by atoms with van der Waals surface area (Å²) in [6, 6.07) is 12.4. The zero-order valence-electron chi connectivity index (χ0n) is 10.6. The van der Waals surface area contributed by atoms with Crippen LogP contribution in [0.5, 0.6) is 0 Å². The molecule has 3 aromatic rings. The minimum atomic E-state index is -0.515. The number of aromatic nitrogens is 1. The minimum absolute atomic E-state index is 0.314. The van der Waals surface area contributed by atoms with Crippen LogP contribution in [0.3, 0.4) is 0 Å². The van der Waals surface area contributed by atoms with E-state index in [2.05, 4.69) is 20.9 Å². The van der Waals surface area contributed by atoms with E-state index in [4.69, 9.17) is 5.73 Å². The average Bonchev–Trinajstić information content (AvgIpc) is 2.49. The van der Waals surface area contributed by atoms with E-state index < -0.39 is 6.04 Å². The second-order valence-electron chi connectivity index (χ2n) is 4.56. The number of nitrogens with zero attached hydrogens (tertiary/aromatic N) is 1. The number of hydrogen-bond donors (Lipinski definition) is 1. The number of hydrogen-bond acceptors (Lipinski definition) is 2. The second-order valence-corrected chi connectivity index (χ2v) is 5.42. The first kappa shape index (κ1) is 13.2. The van der Waals surface area contributed by atoms with Gasteiger partial charge in [0.1, 0.15) is 5.82 Å². The summed E-state index contributed by atoms with van der Waals surface area (Å²) >= 11 is 3.20. The average molecular weight is 331 g/mol. The first-order valence-corrected chi connectivity index (χ1v) is 7.00. The normalized spacial score (nSPS) is 12.6. The molecule has 0 fully saturated rings. The third-order valence-electron chi connectivity index (χ3n) is 3.37. The summed E-state index contributed by atoms with van der Waals surface area (Å²) < 4.78 is 14.6. The lowest BCUT2D eigenvalue weighted by Crippen LogP contribution is -2.14. The van der Waals surface area contributed by atoms with Crippen molar-refractivity contribution < 1.29 is 4.39 Å². The Morgan fingerprint density at radius 2 is 1.80 bits per heavy atom. The van der Waals surface area contributed by atoms with Gasteiger partial charge >= 0.3 is 0 Å². The molecular weight excluding hydrogens is 319 g/mol. The summed E-state index contributed by atoms with van der Waals surface area (Å²) in [5.74, 6) is -0.314. The summed E-state index contributed by atoms with van der Waals surface area (Å²) in [6.45, 7) is 0. The predicted octanol–water partition coefficient (Wildman–Crippen LogP) is 4.18. The van der Waals surface area contributed by atoms with Gasteiger partial charge in [-0.1, -0.05) is 30.3 Å². The fourth-order valence-electron chi connectivity index (χ4n) is 2.35. The van der Waals surface area contributed by atoms with Gasteiger partial charge < -0.3 is 5.73 Å². The molecule has 0 aliphatic heterocycles. The molecule has 0 saturated heterocycles. The summed E-state index contributed by atoms with van der Waals surface area (Å²) in [6.07, 6.45) is 3.50. The Bertz CT molecular complexity index is 768. The molecule has 0 aliphatic rings. The minimum Gasteiger partial charge on any atom is -0.320 e. The lowest BCUT2D eigenvalue weighted by atomic mass is 9.95. The Labute approximate surface area is 124 Å². The van der Waals surface area contributed by atoms with Gasteiger partial charge in [-0.05, 0) is 39.0 Å². The molecule has 0 spiro atoms. The van der Waals surface area contributed by atoms with Crippen molar-refractivity contribution in [2.24, 2.45) is 5.73 Å². The van der Waals surface area contributed by atoms with Crippen molar-refractivity contribution >= 4 is 26.7 Å². The van der Waals surface area contributed by atoms with E-state index in [1.807, 2.05) is 24.3 Å². The van der Waals surface area contributed by atoms with Gasteiger partial charge in [0.15, 0.2) is 0 Å². The number of pyridine rings is 1. The summed E-state index contributed by atoms with van der Waals surface area (Å²) in [5.41, 5.74) is 7.64. The van der Waals surface area contributed by atoms with Crippen molar-refractivity contribution in [3.05, 3.63) is 76.3 Å². The maximum absolute atomic E-state index is 14.2. The van der Waals surface area contributed by atoms with E-state index in [9.17, 15) is 4.39 Å². The first-order chi connectivity index (χ1) is 9.68. The molecule has 4 heteroatoms. The molecule has 1 aromatic heterocycles. The number of rotatable bonds is 2. The standard InChI is InChI=1S/C16H12BrFN2/c17-14-6-2-5-13(15(14)18)16(19)12-4-1-3-10-9-20-8-7-11(10)12/h1-9,16H,19H2. The monoisotopic (exact) mass is 330 g/mol. The smallest absolute Gasteiger partial charge is 0.142 e. The molecule has 2 nitrogen and oxygen atoms in total. The van der Waals surface area contributed by atoms with Crippen molar-refractivity contribution in [3.8, 4) is 0 Å². The van der Waals surface area contributed by atoms with Gasteiger partial charge in [-0.25, -0.2) is 4.39 Å². The summed E-state index contributed by atoms with van der Waals surface area (Å²) in [4.78, 5) is 4.10. The van der Waals surface area contributed by atoms with E-state index in [0.29, 0.717) is 10.0 Å². The summed E-state index contributed by atoms with van der Waals surface area (Å²) in [5, 5.41) is 1.99. The van der Waals surface area contributed by atoms with Crippen LogP contribution in [0.2, 0.25) is 0 Å². The molecule has 2 aromatic carbocycles. The van der Waals surface area contributed by atoms with E-state index in [-0.39, 0.29) is 5.82 Å². The van der Waals surface area contributed by atoms with Gasteiger partial charge in [0.05, 0.1) is 10.5 Å². The maximum atomic E-state index is 14.2. The lowest BCUT2D eigenvalue weighted by molar-refractivity contribution is 0.594. The van der Waals surface area contributed by atoms with E-state index in [0.717, 1.165) is 16.3 Å². The zero-order valence-corrected chi connectivity index (χ0v) is 12.1. The molecule has 0 bridgehead atoms. The van der Waals surface area contributed by atoms with Crippen molar-refractivity contribution in [2.75, 3.05) is 0 Å². The summed E-state index contributed by atoms with van der Waals surface area (Å²) in [7, 11) is 0. The third kappa shape index (κ3) is 2.21. The van der Waals surface area contributed by atoms with Gasteiger partial charge in [0, 0.05) is 23.3 Å². The highest BCUT2D eigenvalue weighted by Gasteiger charge is 2.17. The van der Waals surface area contributed by atoms with E-state index in [1.54, 1.807) is 30.6 Å². The zero-order chi connectivity index (χ0) is 14.1. The maximum Gasteiger partial charge on any atom is 0.142 e. The number of nitrogens with two attached hydrogens (primary N) is 1. The van der Waals surface area contributed by atoms with Crippen LogP contribution in [0.1, 0.15) is 17.2 Å². The van der Waals surface area contributed by atoms with Crippen LogP contribution in [0, 0.1) is 5.82 Å². The Balaban J connectivity index is 2.18. The Hall–Kier alpha value is -1.78. The fraction of sp³-hybridized carbons (Fsp3) is 0.0625. The van der Waals surface area contributed by atoms with Crippen molar-refractivity contribution in [1.82, 2.24) is 4.98 Å². The van der Waals surface area contributed by atoms with E-state index in [1.165, 1.54) is 0 Å². The molecule has 0 saturated carbocycles. The molecule has 0 aliphatic carbocycles. The third-order valence-corrected chi connectivity index (χ3v) is 3.98. The van der Waals surface area contributed by atoms with Gasteiger partial charge in [-0.15, -0.1) is 0 Å². The van der Waals surface area contributed by atoms with Crippen LogP contribution < -0.4 is 5.73 Å². The Kier molecular flexibility index (Phi) is 3.51.